The summed E-state index contributed by atoms with van der Waals surface area (Å²) in [5, 5.41) is 4.06. The molecule has 0 aliphatic carbocycles. The van der Waals surface area contributed by atoms with Crippen LogP contribution in [0.15, 0.2) is 30.9 Å². The lowest BCUT2D eigenvalue weighted by Crippen LogP contribution is -1.95. The number of aryl methyl sites for hydroxylation is 1. The molecule has 0 radical (unpaired) electrons. The lowest BCUT2D eigenvalue weighted by Gasteiger charge is -2.00. The molecule has 6 nitrogen and oxygen atoms in total. The Morgan fingerprint density at radius 3 is 3.10 bits per heavy atom. The summed E-state index contributed by atoms with van der Waals surface area (Å²) in [6, 6.07) is 6.36. The fraction of sp³-hybridized carbons (Fsp3) is 0.143. The average molecular weight is 296 g/mol. The van der Waals surface area contributed by atoms with Crippen LogP contribution in [0.3, 0.4) is 0 Å². The summed E-state index contributed by atoms with van der Waals surface area (Å²) in [4.78, 5) is 20.1. The number of hydrogen-bond acceptors (Lipinski definition) is 6. The molecule has 1 aromatic carbocycles. The van der Waals surface area contributed by atoms with Crippen LogP contribution in [0.1, 0.15) is 12.5 Å². The maximum atomic E-state index is 4.59. The van der Waals surface area contributed by atoms with Gasteiger partial charge in [0.05, 0.1) is 16.5 Å². The van der Waals surface area contributed by atoms with E-state index in [0.717, 1.165) is 22.6 Å². The first-order chi connectivity index (χ1) is 10.3. The Balaban J connectivity index is 1.75. The van der Waals surface area contributed by atoms with Crippen LogP contribution >= 0.6 is 11.3 Å². The number of aromatic nitrogens is 5. The largest absolute Gasteiger partial charge is 0.340 e. The maximum absolute atomic E-state index is 4.59. The zero-order valence-electron chi connectivity index (χ0n) is 11.3. The number of H-pyrrole nitrogens is 1. The lowest BCUT2D eigenvalue weighted by atomic mass is 10.2. The van der Waals surface area contributed by atoms with Gasteiger partial charge in [0.2, 0.25) is 0 Å². The normalized spacial score (nSPS) is 11.3. The lowest BCUT2D eigenvalue weighted by molar-refractivity contribution is 1.15. The van der Waals surface area contributed by atoms with Crippen molar-refractivity contribution in [1.29, 1.82) is 0 Å². The van der Waals surface area contributed by atoms with Crippen molar-refractivity contribution >= 4 is 43.7 Å². The van der Waals surface area contributed by atoms with Gasteiger partial charge < -0.3 is 10.3 Å². The first-order valence-electron chi connectivity index (χ1n) is 6.64. The van der Waals surface area contributed by atoms with Crippen LogP contribution in [0.2, 0.25) is 0 Å². The van der Waals surface area contributed by atoms with Crippen LogP contribution in [-0.2, 0) is 6.42 Å². The Morgan fingerprint density at radius 1 is 1.24 bits per heavy atom. The number of rotatable bonds is 3. The quantitative estimate of drug-likeness (QED) is 0.606. The highest BCUT2D eigenvalue weighted by Gasteiger charge is 2.09. The second-order valence-corrected chi connectivity index (χ2v) is 5.65. The van der Waals surface area contributed by atoms with Gasteiger partial charge in [-0.05, 0) is 24.1 Å². The molecule has 0 aliphatic rings. The summed E-state index contributed by atoms with van der Waals surface area (Å²) in [7, 11) is 0. The van der Waals surface area contributed by atoms with Crippen LogP contribution in [0.5, 0.6) is 0 Å². The van der Waals surface area contributed by atoms with Crippen LogP contribution in [-0.4, -0.2) is 24.9 Å². The van der Waals surface area contributed by atoms with E-state index in [9.17, 15) is 0 Å². The summed E-state index contributed by atoms with van der Waals surface area (Å²) in [5.74, 6) is 0.687. The molecule has 4 aromatic rings. The SMILES string of the molecule is CCc1ccc2nc(Nc3ncnc4nc[nH]c34)sc2c1. The Bertz CT molecular complexity index is 925. The number of hydrogen-bond donors (Lipinski definition) is 2. The number of aromatic amines is 1. The van der Waals surface area contributed by atoms with Crippen molar-refractivity contribution in [3.05, 3.63) is 36.4 Å². The van der Waals surface area contributed by atoms with E-state index in [1.54, 1.807) is 17.7 Å². The van der Waals surface area contributed by atoms with Crippen LogP contribution in [0, 0.1) is 0 Å². The molecular weight excluding hydrogens is 284 g/mol. The molecule has 0 spiro atoms. The van der Waals surface area contributed by atoms with Gasteiger partial charge in [0.15, 0.2) is 16.6 Å². The molecule has 0 aliphatic heterocycles. The van der Waals surface area contributed by atoms with E-state index in [-0.39, 0.29) is 0 Å². The standard InChI is InChI=1S/C14H12N6S/c1-2-8-3-4-9-10(5-8)21-14(19-9)20-13-11-12(16-6-15-11)17-7-18-13/h3-7H,2H2,1H3,(H2,15,16,17,18,19,20). The summed E-state index contributed by atoms with van der Waals surface area (Å²) >= 11 is 1.62. The fourth-order valence-electron chi connectivity index (χ4n) is 2.20. The van der Waals surface area contributed by atoms with Gasteiger partial charge >= 0.3 is 0 Å². The van der Waals surface area contributed by atoms with E-state index >= 15 is 0 Å². The molecule has 2 N–H and O–H groups in total. The van der Waals surface area contributed by atoms with Crippen molar-refractivity contribution in [3.8, 4) is 0 Å². The molecule has 0 atom stereocenters. The first-order valence-corrected chi connectivity index (χ1v) is 7.45. The van der Waals surface area contributed by atoms with E-state index < -0.39 is 0 Å². The number of nitrogens with one attached hydrogen (secondary N) is 2. The van der Waals surface area contributed by atoms with E-state index in [0.29, 0.717) is 11.5 Å². The molecule has 104 valence electrons. The van der Waals surface area contributed by atoms with E-state index in [4.69, 9.17) is 0 Å². The summed E-state index contributed by atoms with van der Waals surface area (Å²) in [6.45, 7) is 2.15. The minimum absolute atomic E-state index is 0.641. The molecule has 0 bridgehead atoms. The number of anilines is 2. The highest BCUT2D eigenvalue weighted by molar-refractivity contribution is 7.22. The fourth-order valence-corrected chi connectivity index (χ4v) is 3.13. The van der Waals surface area contributed by atoms with Crippen LogP contribution in [0.4, 0.5) is 10.9 Å². The van der Waals surface area contributed by atoms with Crippen molar-refractivity contribution < 1.29 is 0 Å². The van der Waals surface area contributed by atoms with Gasteiger partial charge in [0, 0.05) is 0 Å². The van der Waals surface area contributed by atoms with Crippen molar-refractivity contribution in [2.24, 2.45) is 0 Å². The van der Waals surface area contributed by atoms with E-state index in [2.05, 4.69) is 55.4 Å². The molecule has 7 heteroatoms. The number of benzene rings is 1. The van der Waals surface area contributed by atoms with Crippen LogP contribution in [0.25, 0.3) is 21.4 Å². The van der Waals surface area contributed by atoms with Gasteiger partial charge in [0.1, 0.15) is 11.8 Å². The molecule has 0 unspecified atom stereocenters. The molecule has 3 heterocycles. The predicted octanol–water partition coefficient (Wildman–Crippen LogP) is 3.27. The third-order valence-corrected chi connectivity index (χ3v) is 4.24. The highest BCUT2D eigenvalue weighted by Crippen LogP contribution is 2.29. The van der Waals surface area contributed by atoms with Gasteiger partial charge in [-0.15, -0.1) is 0 Å². The first kappa shape index (κ1) is 12.2. The Kier molecular flexibility index (Phi) is 2.78. The Labute approximate surface area is 124 Å². The van der Waals surface area contributed by atoms with E-state index in [1.807, 2.05) is 0 Å². The predicted molar refractivity (Wildman–Crippen MR) is 84.0 cm³/mol. The maximum Gasteiger partial charge on any atom is 0.189 e. The molecular formula is C14H12N6S. The van der Waals surface area contributed by atoms with Gasteiger partial charge in [-0.3, -0.25) is 0 Å². The highest BCUT2D eigenvalue weighted by atomic mass is 32.1. The van der Waals surface area contributed by atoms with Gasteiger partial charge in [-0.2, -0.15) is 0 Å². The van der Waals surface area contributed by atoms with Gasteiger partial charge in [-0.1, -0.05) is 24.3 Å². The average Bonchev–Trinajstić information content (AvgIpc) is 3.12. The van der Waals surface area contributed by atoms with Crippen LogP contribution < -0.4 is 5.32 Å². The van der Waals surface area contributed by atoms with Gasteiger partial charge in [-0.25, -0.2) is 19.9 Å². The molecule has 0 saturated heterocycles. The molecule has 3 aromatic heterocycles. The number of nitrogens with zero attached hydrogens (tertiary/aromatic N) is 4. The van der Waals surface area contributed by atoms with Crippen molar-refractivity contribution in [3.63, 3.8) is 0 Å². The second-order valence-electron chi connectivity index (χ2n) is 4.62. The Hall–Kier alpha value is -2.54. The molecule has 4 rings (SSSR count). The minimum atomic E-state index is 0.641. The third kappa shape index (κ3) is 2.11. The van der Waals surface area contributed by atoms with Crippen molar-refractivity contribution in [1.82, 2.24) is 24.9 Å². The molecule has 21 heavy (non-hydrogen) atoms. The molecule has 0 amide bonds. The smallest absolute Gasteiger partial charge is 0.189 e. The van der Waals surface area contributed by atoms with Crippen molar-refractivity contribution in [2.75, 3.05) is 5.32 Å². The van der Waals surface area contributed by atoms with E-state index in [1.165, 1.54) is 16.6 Å². The second kappa shape index (κ2) is 4.78. The monoisotopic (exact) mass is 296 g/mol. The number of thiazole rings is 1. The summed E-state index contributed by atoms with van der Waals surface area (Å²) in [6.07, 6.45) is 4.13. The number of imidazole rings is 1. The summed E-state index contributed by atoms with van der Waals surface area (Å²) < 4.78 is 1.17. The zero-order chi connectivity index (χ0) is 14.2. The molecule has 0 saturated carbocycles. The summed E-state index contributed by atoms with van der Waals surface area (Å²) in [5.41, 5.74) is 3.73. The van der Waals surface area contributed by atoms with Crippen molar-refractivity contribution in [2.45, 2.75) is 13.3 Å². The number of fused-ring (bicyclic) bond motifs is 2. The zero-order valence-corrected chi connectivity index (χ0v) is 12.1. The Morgan fingerprint density at radius 2 is 2.19 bits per heavy atom. The van der Waals surface area contributed by atoms with Gasteiger partial charge in [0.25, 0.3) is 0 Å². The topological polar surface area (TPSA) is 79.4 Å². The minimum Gasteiger partial charge on any atom is -0.340 e. The third-order valence-electron chi connectivity index (χ3n) is 3.31. The molecule has 0 fully saturated rings.